The molecule has 204 valence electrons. The van der Waals surface area contributed by atoms with E-state index in [1.807, 2.05) is 47.6 Å². The van der Waals surface area contributed by atoms with E-state index in [-0.39, 0.29) is 5.91 Å². The van der Waals surface area contributed by atoms with E-state index in [2.05, 4.69) is 70.1 Å². The molecule has 2 aromatic heterocycles. The fraction of sp³-hybridized carbons (Fsp3) is 0.344. The molecule has 4 heterocycles. The van der Waals surface area contributed by atoms with Crippen LogP contribution in [0.15, 0.2) is 60.9 Å². The molecule has 2 fully saturated rings. The number of hydrogen-bond donors (Lipinski definition) is 1. The summed E-state index contributed by atoms with van der Waals surface area (Å²) in [6.07, 6.45) is 4.91. The number of nitrogens with zero attached hydrogens (tertiary/aromatic N) is 6. The molecule has 2 aliphatic heterocycles. The Morgan fingerprint density at radius 3 is 2.52 bits per heavy atom. The molecule has 1 amide bonds. The van der Waals surface area contributed by atoms with Crippen LogP contribution < -0.4 is 4.90 Å². The van der Waals surface area contributed by atoms with Crippen molar-refractivity contribution in [2.45, 2.75) is 12.5 Å². The largest absolute Gasteiger partial charge is 0.369 e. The lowest BCUT2D eigenvalue weighted by Gasteiger charge is -2.42. The number of aromatic amines is 1. The summed E-state index contributed by atoms with van der Waals surface area (Å²) in [6.45, 7) is 5.49. The highest BCUT2D eigenvalue weighted by molar-refractivity contribution is 5.98. The molecule has 0 saturated carbocycles. The van der Waals surface area contributed by atoms with Crippen LogP contribution in [0.25, 0.3) is 33.3 Å². The summed E-state index contributed by atoms with van der Waals surface area (Å²) in [5.41, 5.74) is 7.20. The summed E-state index contributed by atoms with van der Waals surface area (Å²) in [5.74, 6) is 0.0801. The number of carbonyl (C=O) groups excluding carboxylic acids is 1. The SMILES string of the molecule is CN1CCCN(c2ccc(-c3cnc4[nH]cc(-c5ccc(C(=O)N6CC(N(C)C)C6)cc5)c4c3)cc2C#N)CC1. The first-order valence-corrected chi connectivity index (χ1v) is 13.9. The molecule has 4 aromatic rings. The summed E-state index contributed by atoms with van der Waals surface area (Å²) in [7, 11) is 6.25. The third-order valence-electron chi connectivity index (χ3n) is 8.36. The van der Waals surface area contributed by atoms with E-state index in [0.29, 0.717) is 17.2 Å². The standard InChI is InChI=1S/C32H35N7O/c1-36(2)27-20-39(21-27)32(40)23-7-5-22(6-8-23)29-19-35-31-28(29)16-26(18-34-31)24-9-10-30(25(15-24)17-33)38-12-4-11-37(3)13-14-38/h5-10,15-16,18-19,27H,4,11-14,20-21H2,1-3H3,(H,34,35). The highest BCUT2D eigenvalue weighted by Gasteiger charge is 2.32. The van der Waals surface area contributed by atoms with E-state index in [4.69, 9.17) is 0 Å². The van der Waals surface area contributed by atoms with Gasteiger partial charge in [-0.2, -0.15) is 5.26 Å². The molecule has 40 heavy (non-hydrogen) atoms. The third-order valence-corrected chi connectivity index (χ3v) is 8.36. The molecule has 8 nitrogen and oxygen atoms in total. The number of aromatic nitrogens is 2. The minimum atomic E-state index is 0.0801. The zero-order valence-electron chi connectivity index (χ0n) is 23.4. The number of fused-ring (bicyclic) bond motifs is 1. The fourth-order valence-electron chi connectivity index (χ4n) is 5.69. The number of amides is 1. The van der Waals surface area contributed by atoms with Gasteiger partial charge in [0.05, 0.1) is 11.3 Å². The number of rotatable bonds is 5. The summed E-state index contributed by atoms with van der Waals surface area (Å²) in [4.78, 5) is 29.6. The first-order valence-electron chi connectivity index (χ1n) is 13.9. The van der Waals surface area contributed by atoms with Crippen LogP contribution in [-0.4, -0.2) is 97.0 Å². The van der Waals surface area contributed by atoms with Crippen molar-refractivity contribution >= 4 is 22.6 Å². The second-order valence-corrected chi connectivity index (χ2v) is 11.2. The number of likely N-dealkylation sites (tertiary alicyclic amines) is 1. The molecule has 0 bridgehead atoms. The predicted octanol–water partition coefficient (Wildman–Crippen LogP) is 4.30. The molecule has 0 unspecified atom stereocenters. The van der Waals surface area contributed by atoms with Gasteiger partial charge in [0.15, 0.2) is 0 Å². The van der Waals surface area contributed by atoms with Crippen LogP contribution in [0.2, 0.25) is 0 Å². The second-order valence-electron chi connectivity index (χ2n) is 11.2. The molecule has 0 aliphatic carbocycles. The van der Waals surface area contributed by atoms with Gasteiger partial charge in [-0.05, 0) is 75.6 Å². The first kappa shape index (κ1) is 26.1. The normalized spacial score (nSPS) is 16.7. The molecular formula is C32H35N7O. The van der Waals surface area contributed by atoms with Crippen molar-refractivity contribution < 1.29 is 4.79 Å². The quantitative estimate of drug-likeness (QED) is 0.412. The molecule has 0 spiro atoms. The molecular weight excluding hydrogens is 498 g/mol. The maximum Gasteiger partial charge on any atom is 0.253 e. The lowest BCUT2D eigenvalue weighted by molar-refractivity contribution is 0.0399. The number of benzene rings is 2. The number of likely N-dealkylation sites (N-methyl/N-ethyl adjacent to an activating group) is 2. The summed E-state index contributed by atoms with van der Waals surface area (Å²) >= 11 is 0. The van der Waals surface area contributed by atoms with Crippen molar-refractivity contribution in [1.82, 2.24) is 24.7 Å². The van der Waals surface area contributed by atoms with E-state index in [0.717, 1.165) is 84.7 Å². The van der Waals surface area contributed by atoms with Crippen molar-refractivity contribution in [3.8, 4) is 28.3 Å². The van der Waals surface area contributed by atoms with Gasteiger partial charge in [0.25, 0.3) is 5.91 Å². The highest BCUT2D eigenvalue weighted by Crippen LogP contribution is 2.33. The lowest BCUT2D eigenvalue weighted by Crippen LogP contribution is -2.59. The minimum absolute atomic E-state index is 0.0801. The number of pyridine rings is 1. The van der Waals surface area contributed by atoms with E-state index in [1.165, 1.54) is 0 Å². The first-order chi connectivity index (χ1) is 19.4. The Hall–Kier alpha value is -4.19. The van der Waals surface area contributed by atoms with Crippen LogP contribution in [0, 0.1) is 11.3 Å². The number of H-pyrrole nitrogens is 1. The van der Waals surface area contributed by atoms with Crippen molar-refractivity contribution in [2.75, 3.05) is 65.3 Å². The zero-order valence-corrected chi connectivity index (χ0v) is 23.4. The topological polar surface area (TPSA) is 82.5 Å². The van der Waals surface area contributed by atoms with Crippen LogP contribution in [0.4, 0.5) is 5.69 Å². The van der Waals surface area contributed by atoms with Gasteiger partial charge in [-0.15, -0.1) is 0 Å². The predicted molar refractivity (Wildman–Crippen MR) is 159 cm³/mol. The van der Waals surface area contributed by atoms with Gasteiger partial charge in [0.2, 0.25) is 0 Å². The van der Waals surface area contributed by atoms with E-state index in [1.54, 1.807) is 0 Å². The molecule has 1 N–H and O–H groups in total. The van der Waals surface area contributed by atoms with Crippen molar-refractivity contribution in [3.63, 3.8) is 0 Å². The minimum Gasteiger partial charge on any atom is -0.369 e. The number of nitriles is 1. The smallest absolute Gasteiger partial charge is 0.253 e. The number of hydrogen-bond acceptors (Lipinski definition) is 6. The van der Waals surface area contributed by atoms with Gasteiger partial charge in [0.1, 0.15) is 11.7 Å². The van der Waals surface area contributed by atoms with Crippen molar-refractivity contribution in [1.29, 1.82) is 5.26 Å². The molecule has 2 saturated heterocycles. The van der Waals surface area contributed by atoms with Gasteiger partial charge >= 0.3 is 0 Å². The maximum absolute atomic E-state index is 12.9. The van der Waals surface area contributed by atoms with Crippen LogP contribution in [0.1, 0.15) is 22.3 Å². The van der Waals surface area contributed by atoms with Crippen LogP contribution in [0.3, 0.4) is 0 Å². The summed E-state index contributed by atoms with van der Waals surface area (Å²) in [5, 5.41) is 11.0. The number of nitrogens with one attached hydrogen (secondary N) is 1. The van der Waals surface area contributed by atoms with Gasteiger partial charge in [-0.25, -0.2) is 4.98 Å². The molecule has 2 aromatic carbocycles. The molecule has 0 atom stereocenters. The Morgan fingerprint density at radius 1 is 1.00 bits per heavy atom. The lowest BCUT2D eigenvalue weighted by atomic mass is 9.99. The van der Waals surface area contributed by atoms with Crippen molar-refractivity contribution in [3.05, 3.63) is 72.1 Å². The Kier molecular flexibility index (Phi) is 7.01. The Morgan fingerprint density at radius 2 is 1.77 bits per heavy atom. The fourth-order valence-corrected chi connectivity index (χ4v) is 5.69. The molecule has 8 heteroatoms. The van der Waals surface area contributed by atoms with E-state index < -0.39 is 0 Å². The molecule has 2 aliphatic rings. The zero-order chi connectivity index (χ0) is 27.8. The number of carbonyl (C=O) groups is 1. The molecule has 6 rings (SSSR count). The molecule has 0 radical (unpaired) electrons. The maximum atomic E-state index is 12.9. The second kappa shape index (κ2) is 10.8. The number of anilines is 1. The average Bonchev–Trinajstić information content (AvgIpc) is 3.24. The van der Waals surface area contributed by atoms with Crippen LogP contribution in [0.5, 0.6) is 0 Å². The van der Waals surface area contributed by atoms with E-state index >= 15 is 0 Å². The van der Waals surface area contributed by atoms with Gasteiger partial charge < -0.3 is 24.6 Å². The van der Waals surface area contributed by atoms with Gasteiger partial charge in [-0.1, -0.05) is 18.2 Å². The van der Waals surface area contributed by atoms with Gasteiger partial charge in [0, 0.05) is 73.2 Å². The van der Waals surface area contributed by atoms with Crippen LogP contribution >= 0.6 is 0 Å². The van der Waals surface area contributed by atoms with E-state index in [9.17, 15) is 10.1 Å². The Bertz CT molecular complexity index is 1580. The summed E-state index contributed by atoms with van der Waals surface area (Å²) in [6, 6.07) is 19.0. The summed E-state index contributed by atoms with van der Waals surface area (Å²) < 4.78 is 0. The average molecular weight is 534 g/mol. The Labute approximate surface area is 235 Å². The highest BCUT2D eigenvalue weighted by atomic mass is 16.2. The third kappa shape index (κ3) is 4.94. The van der Waals surface area contributed by atoms with Crippen LogP contribution in [-0.2, 0) is 0 Å². The monoisotopic (exact) mass is 533 g/mol. The van der Waals surface area contributed by atoms with Gasteiger partial charge in [-0.3, -0.25) is 4.79 Å². The van der Waals surface area contributed by atoms with Crippen molar-refractivity contribution in [2.24, 2.45) is 0 Å². The Balaban J connectivity index is 1.25.